The lowest BCUT2D eigenvalue weighted by Gasteiger charge is -2.23. The van der Waals surface area contributed by atoms with Gasteiger partial charge in [-0.15, -0.1) is 5.10 Å². The minimum atomic E-state index is -0.226. The number of nitrogens with zero attached hydrogens (tertiary/aromatic N) is 5. The Labute approximate surface area is 149 Å². The molecule has 26 heavy (non-hydrogen) atoms. The molecule has 0 saturated carbocycles. The maximum atomic E-state index is 12.4. The predicted molar refractivity (Wildman–Crippen MR) is 95.4 cm³/mol. The van der Waals surface area contributed by atoms with E-state index in [9.17, 15) is 9.59 Å². The Morgan fingerprint density at radius 1 is 1.35 bits per heavy atom. The van der Waals surface area contributed by atoms with Crippen LogP contribution in [-0.2, 0) is 24.8 Å². The molecule has 1 aliphatic carbocycles. The van der Waals surface area contributed by atoms with E-state index >= 15 is 0 Å². The zero-order valence-corrected chi connectivity index (χ0v) is 14.6. The number of amides is 1. The van der Waals surface area contributed by atoms with E-state index in [1.54, 1.807) is 18.2 Å². The Morgan fingerprint density at radius 2 is 2.19 bits per heavy atom. The molecule has 8 heteroatoms. The van der Waals surface area contributed by atoms with Crippen molar-refractivity contribution in [3.8, 4) is 0 Å². The first-order valence-electron chi connectivity index (χ1n) is 8.76. The highest BCUT2D eigenvalue weighted by molar-refractivity contribution is 5.77. The van der Waals surface area contributed by atoms with Crippen molar-refractivity contribution >= 4 is 16.8 Å². The average Bonchev–Trinajstić information content (AvgIpc) is 3.04. The number of nitrogens with one attached hydrogen (secondary N) is 1. The highest BCUT2D eigenvalue weighted by atomic mass is 16.2. The number of benzene rings is 1. The Morgan fingerprint density at radius 3 is 3.08 bits per heavy atom. The molecule has 0 radical (unpaired) electrons. The normalized spacial score (nSPS) is 16.4. The van der Waals surface area contributed by atoms with Gasteiger partial charge in [-0.25, -0.2) is 4.68 Å². The minimum absolute atomic E-state index is 0.0145. The molecule has 134 valence electrons. The molecular formula is C18H20N6O2. The summed E-state index contributed by atoms with van der Waals surface area (Å²) in [5.74, 6) is -0.103. The second-order valence-electron chi connectivity index (χ2n) is 6.57. The van der Waals surface area contributed by atoms with Gasteiger partial charge >= 0.3 is 0 Å². The van der Waals surface area contributed by atoms with Gasteiger partial charge in [-0.3, -0.25) is 14.3 Å². The van der Waals surface area contributed by atoms with Crippen molar-refractivity contribution in [2.45, 2.75) is 38.3 Å². The molecule has 0 bridgehead atoms. The molecule has 0 aliphatic heterocycles. The summed E-state index contributed by atoms with van der Waals surface area (Å²) in [4.78, 5) is 24.8. The van der Waals surface area contributed by atoms with Gasteiger partial charge < -0.3 is 5.32 Å². The molecule has 2 heterocycles. The zero-order chi connectivity index (χ0) is 18.1. The molecule has 4 rings (SSSR count). The van der Waals surface area contributed by atoms with Gasteiger partial charge in [-0.05, 0) is 31.4 Å². The molecular weight excluding hydrogens is 332 g/mol. The van der Waals surface area contributed by atoms with Gasteiger partial charge in [0.1, 0.15) is 5.52 Å². The van der Waals surface area contributed by atoms with Crippen LogP contribution >= 0.6 is 0 Å². The summed E-state index contributed by atoms with van der Waals surface area (Å²) < 4.78 is 3.12. The van der Waals surface area contributed by atoms with Crippen LogP contribution in [0.15, 0.2) is 35.3 Å². The largest absolute Gasteiger partial charge is 0.349 e. The summed E-state index contributed by atoms with van der Waals surface area (Å²) in [6.07, 6.45) is 4.92. The van der Waals surface area contributed by atoms with Crippen LogP contribution in [0.5, 0.6) is 0 Å². The highest BCUT2D eigenvalue weighted by Crippen LogP contribution is 2.29. The zero-order valence-electron chi connectivity index (χ0n) is 14.6. The van der Waals surface area contributed by atoms with E-state index in [2.05, 4.69) is 20.7 Å². The van der Waals surface area contributed by atoms with Gasteiger partial charge in [0.2, 0.25) is 5.91 Å². The first kappa shape index (κ1) is 16.4. The first-order valence-corrected chi connectivity index (χ1v) is 8.76. The summed E-state index contributed by atoms with van der Waals surface area (Å²) in [5, 5.41) is 15.8. The second kappa shape index (κ2) is 6.70. The molecule has 1 aromatic carbocycles. The molecule has 1 atom stereocenters. The molecule has 2 aromatic heterocycles. The third-order valence-corrected chi connectivity index (χ3v) is 4.89. The Bertz CT molecular complexity index is 1020. The molecule has 0 fully saturated rings. The third kappa shape index (κ3) is 2.98. The fourth-order valence-electron chi connectivity index (χ4n) is 3.50. The van der Waals surface area contributed by atoms with Gasteiger partial charge in [0, 0.05) is 24.7 Å². The first-order chi connectivity index (χ1) is 12.6. The average molecular weight is 352 g/mol. The van der Waals surface area contributed by atoms with Crippen molar-refractivity contribution in [2.75, 3.05) is 0 Å². The molecule has 0 spiro atoms. The number of hydrogen-bond acceptors (Lipinski definition) is 5. The molecule has 1 N–H and O–H groups in total. The van der Waals surface area contributed by atoms with Crippen LogP contribution in [-0.4, -0.2) is 30.7 Å². The van der Waals surface area contributed by atoms with Crippen LogP contribution < -0.4 is 10.9 Å². The lowest BCUT2D eigenvalue weighted by Crippen LogP contribution is -2.33. The van der Waals surface area contributed by atoms with Gasteiger partial charge in [-0.1, -0.05) is 17.3 Å². The van der Waals surface area contributed by atoms with E-state index < -0.39 is 0 Å². The Kier molecular flexibility index (Phi) is 4.24. The Balaban J connectivity index is 1.44. The van der Waals surface area contributed by atoms with E-state index in [1.165, 1.54) is 10.4 Å². The summed E-state index contributed by atoms with van der Waals surface area (Å²) in [7, 11) is 1.92. The highest BCUT2D eigenvalue weighted by Gasteiger charge is 2.24. The number of carbonyl (C=O) groups is 1. The quantitative estimate of drug-likeness (QED) is 0.759. The Hall–Kier alpha value is -3.03. The van der Waals surface area contributed by atoms with E-state index in [4.69, 9.17) is 0 Å². The number of aryl methyl sites for hydroxylation is 2. The van der Waals surface area contributed by atoms with Crippen LogP contribution in [0.25, 0.3) is 10.9 Å². The molecule has 0 saturated heterocycles. The molecule has 8 nitrogen and oxygen atoms in total. The summed E-state index contributed by atoms with van der Waals surface area (Å²) in [5.41, 5.74) is 2.60. The second-order valence-corrected chi connectivity index (χ2v) is 6.57. The van der Waals surface area contributed by atoms with E-state index in [1.807, 2.05) is 24.0 Å². The monoisotopic (exact) mass is 352 g/mol. The van der Waals surface area contributed by atoms with Crippen LogP contribution in [0.2, 0.25) is 0 Å². The minimum Gasteiger partial charge on any atom is -0.349 e. The third-order valence-electron chi connectivity index (χ3n) is 4.89. The topological polar surface area (TPSA) is 94.7 Å². The van der Waals surface area contributed by atoms with Crippen molar-refractivity contribution in [2.24, 2.45) is 7.05 Å². The molecule has 1 aliphatic rings. The number of carbonyl (C=O) groups excluding carboxylic acids is 1. The molecule has 3 aromatic rings. The van der Waals surface area contributed by atoms with E-state index in [-0.39, 0.29) is 30.5 Å². The summed E-state index contributed by atoms with van der Waals surface area (Å²) in [6, 6.07) is 7.05. The van der Waals surface area contributed by atoms with Gasteiger partial charge in [-0.2, -0.15) is 5.10 Å². The fourth-order valence-corrected chi connectivity index (χ4v) is 3.50. The SMILES string of the molecule is Cn1ncc2c1CCCC2NC(=O)CCn1nnc2ccccc2c1=O. The van der Waals surface area contributed by atoms with Gasteiger partial charge in [0.15, 0.2) is 0 Å². The van der Waals surface area contributed by atoms with Crippen LogP contribution in [0, 0.1) is 0 Å². The number of rotatable bonds is 4. The lowest BCUT2D eigenvalue weighted by atomic mass is 9.93. The van der Waals surface area contributed by atoms with Crippen molar-refractivity contribution in [3.05, 3.63) is 52.1 Å². The number of hydrogen-bond donors (Lipinski definition) is 1. The lowest BCUT2D eigenvalue weighted by molar-refractivity contribution is -0.122. The van der Waals surface area contributed by atoms with Crippen LogP contribution in [0.3, 0.4) is 0 Å². The maximum absolute atomic E-state index is 12.4. The summed E-state index contributed by atoms with van der Waals surface area (Å²) >= 11 is 0. The molecule has 1 unspecified atom stereocenters. The van der Waals surface area contributed by atoms with Crippen molar-refractivity contribution in [3.63, 3.8) is 0 Å². The summed E-state index contributed by atoms with van der Waals surface area (Å²) in [6.45, 7) is 0.203. The van der Waals surface area contributed by atoms with Gasteiger partial charge in [0.05, 0.1) is 24.2 Å². The predicted octanol–water partition coefficient (Wildman–Crippen LogP) is 1.11. The van der Waals surface area contributed by atoms with E-state index in [0.29, 0.717) is 10.9 Å². The maximum Gasteiger partial charge on any atom is 0.277 e. The van der Waals surface area contributed by atoms with Crippen molar-refractivity contribution in [1.29, 1.82) is 0 Å². The smallest absolute Gasteiger partial charge is 0.277 e. The van der Waals surface area contributed by atoms with Gasteiger partial charge in [0.25, 0.3) is 5.56 Å². The number of aromatic nitrogens is 5. The number of fused-ring (bicyclic) bond motifs is 2. The van der Waals surface area contributed by atoms with E-state index in [0.717, 1.165) is 24.8 Å². The van der Waals surface area contributed by atoms with Crippen molar-refractivity contribution < 1.29 is 4.79 Å². The van der Waals surface area contributed by atoms with Crippen molar-refractivity contribution in [1.82, 2.24) is 30.1 Å². The fraction of sp³-hybridized carbons (Fsp3) is 0.389. The standard InChI is InChI=1S/C18H20N6O2/c1-23-16-8-4-7-14(13(16)11-19-23)20-17(25)9-10-24-18(26)12-5-2-3-6-15(12)21-22-24/h2-3,5-6,11,14H,4,7-10H2,1H3,(H,20,25). The molecule has 1 amide bonds. The van der Waals surface area contributed by atoms with Crippen LogP contribution in [0.4, 0.5) is 0 Å². The van der Waals surface area contributed by atoms with Crippen LogP contribution in [0.1, 0.15) is 36.6 Å².